The van der Waals surface area contributed by atoms with Gasteiger partial charge in [0.15, 0.2) is 0 Å². The Morgan fingerprint density at radius 1 is 1.50 bits per heavy atom. The Morgan fingerprint density at radius 3 is 2.93 bits per heavy atom. The smallest absolute Gasteiger partial charge is 0.306 e. The van der Waals surface area contributed by atoms with Crippen molar-refractivity contribution in [1.82, 2.24) is 0 Å². The van der Waals surface area contributed by atoms with Gasteiger partial charge in [0, 0.05) is 12.8 Å². The Bertz CT molecular complexity index is 179. The lowest BCUT2D eigenvalue weighted by atomic mass is 9.95. The number of hydrogen-bond acceptors (Lipinski definition) is 3. The molecule has 1 saturated carbocycles. The number of ether oxygens (including phenoxy) is 1. The van der Waals surface area contributed by atoms with Crippen LogP contribution < -0.4 is 0 Å². The maximum Gasteiger partial charge on any atom is 0.306 e. The molecule has 0 aromatic carbocycles. The second-order valence-electron chi connectivity index (χ2n) is 4.04. The maximum absolute atomic E-state index is 11.3. The largest absolute Gasteiger partial charge is 0.462 e. The van der Waals surface area contributed by atoms with Crippen molar-refractivity contribution in [2.75, 3.05) is 0 Å². The lowest BCUT2D eigenvalue weighted by molar-refractivity contribution is -0.152. The van der Waals surface area contributed by atoms with E-state index in [1.54, 1.807) is 0 Å². The number of esters is 1. The van der Waals surface area contributed by atoms with Crippen LogP contribution in [-0.2, 0) is 9.53 Å². The van der Waals surface area contributed by atoms with Gasteiger partial charge in [0.05, 0.1) is 6.10 Å². The molecule has 1 aliphatic rings. The summed E-state index contributed by atoms with van der Waals surface area (Å²) in [6.07, 6.45) is 5.47. The molecule has 1 N–H and O–H groups in total. The average molecular weight is 200 g/mol. The minimum absolute atomic E-state index is 0.0388. The Labute approximate surface area is 85.5 Å². The van der Waals surface area contributed by atoms with Crippen LogP contribution >= 0.6 is 0 Å². The second-order valence-corrected chi connectivity index (χ2v) is 4.04. The van der Waals surface area contributed by atoms with Gasteiger partial charge in [0.1, 0.15) is 6.10 Å². The number of aliphatic hydroxyl groups excluding tert-OH is 1. The summed E-state index contributed by atoms with van der Waals surface area (Å²) in [6.45, 7) is 2.05. The summed E-state index contributed by atoms with van der Waals surface area (Å²) in [5.41, 5.74) is 0. The highest BCUT2D eigenvalue weighted by atomic mass is 16.5. The van der Waals surface area contributed by atoms with Crippen molar-refractivity contribution in [3.8, 4) is 0 Å². The van der Waals surface area contributed by atoms with Crippen molar-refractivity contribution < 1.29 is 14.6 Å². The number of aliphatic hydroxyl groups is 1. The number of unbranched alkanes of at least 4 members (excludes halogenated alkanes) is 1. The molecule has 0 aliphatic heterocycles. The first-order chi connectivity index (χ1) is 6.72. The van der Waals surface area contributed by atoms with E-state index < -0.39 is 0 Å². The molecule has 3 nitrogen and oxygen atoms in total. The summed E-state index contributed by atoms with van der Waals surface area (Å²) in [4.78, 5) is 11.3. The van der Waals surface area contributed by atoms with Crippen LogP contribution in [0.5, 0.6) is 0 Å². The molecular weight excluding hydrogens is 180 g/mol. The summed E-state index contributed by atoms with van der Waals surface area (Å²) >= 11 is 0. The second kappa shape index (κ2) is 6.02. The van der Waals surface area contributed by atoms with Crippen molar-refractivity contribution in [3.05, 3.63) is 0 Å². The molecular formula is C11H20O3. The van der Waals surface area contributed by atoms with E-state index in [1.807, 2.05) is 0 Å². The van der Waals surface area contributed by atoms with Crippen molar-refractivity contribution in [2.24, 2.45) is 0 Å². The zero-order valence-electron chi connectivity index (χ0n) is 8.87. The molecule has 2 unspecified atom stereocenters. The first-order valence-corrected chi connectivity index (χ1v) is 5.60. The Morgan fingerprint density at radius 2 is 2.29 bits per heavy atom. The molecule has 0 aromatic heterocycles. The van der Waals surface area contributed by atoms with Crippen LogP contribution in [0.2, 0.25) is 0 Å². The lowest BCUT2D eigenvalue weighted by Gasteiger charge is -2.25. The van der Waals surface area contributed by atoms with Gasteiger partial charge in [-0.25, -0.2) is 0 Å². The molecule has 82 valence electrons. The van der Waals surface area contributed by atoms with Gasteiger partial charge in [-0.05, 0) is 25.7 Å². The molecule has 2 atom stereocenters. The Kier molecular flexibility index (Phi) is 4.94. The summed E-state index contributed by atoms with van der Waals surface area (Å²) in [5, 5.41) is 9.38. The average Bonchev–Trinajstić information content (AvgIpc) is 2.15. The Balaban J connectivity index is 2.18. The van der Waals surface area contributed by atoms with E-state index >= 15 is 0 Å². The molecule has 0 aromatic rings. The monoisotopic (exact) mass is 200 g/mol. The van der Waals surface area contributed by atoms with Crippen LogP contribution in [0.25, 0.3) is 0 Å². The predicted molar refractivity (Wildman–Crippen MR) is 53.9 cm³/mol. The van der Waals surface area contributed by atoms with E-state index in [9.17, 15) is 9.90 Å². The fraction of sp³-hybridized carbons (Fsp3) is 0.909. The van der Waals surface area contributed by atoms with Crippen LogP contribution in [0.3, 0.4) is 0 Å². The van der Waals surface area contributed by atoms with E-state index in [1.165, 1.54) is 0 Å². The van der Waals surface area contributed by atoms with Crippen molar-refractivity contribution in [3.63, 3.8) is 0 Å². The fourth-order valence-electron chi connectivity index (χ4n) is 1.79. The van der Waals surface area contributed by atoms with E-state index in [2.05, 4.69) is 6.92 Å². The summed E-state index contributed by atoms with van der Waals surface area (Å²) < 4.78 is 5.26. The summed E-state index contributed by atoms with van der Waals surface area (Å²) in [5.74, 6) is -0.106. The minimum atomic E-state index is -0.271. The van der Waals surface area contributed by atoms with Gasteiger partial charge in [-0.3, -0.25) is 4.79 Å². The highest BCUT2D eigenvalue weighted by Crippen LogP contribution is 2.21. The number of carbonyl (C=O) groups excluding carboxylic acids is 1. The van der Waals surface area contributed by atoms with E-state index in [0.717, 1.165) is 32.1 Å². The van der Waals surface area contributed by atoms with Gasteiger partial charge in [-0.15, -0.1) is 0 Å². The van der Waals surface area contributed by atoms with Crippen LogP contribution in [0, 0.1) is 0 Å². The SMILES string of the molecule is CCCCC(=O)OC1CCCC(O)C1. The molecule has 0 amide bonds. The topological polar surface area (TPSA) is 46.5 Å². The van der Waals surface area contributed by atoms with Crippen LogP contribution in [0.1, 0.15) is 51.9 Å². The molecule has 1 fully saturated rings. The molecule has 0 radical (unpaired) electrons. The third-order valence-electron chi connectivity index (χ3n) is 2.63. The van der Waals surface area contributed by atoms with Crippen molar-refractivity contribution >= 4 is 5.97 Å². The van der Waals surface area contributed by atoms with Crippen molar-refractivity contribution in [1.29, 1.82) is 0 Å². The van der Waals surface area contributed by atoms with Crippen molar-refractivity contribution in [2.45, 2.75) is 64.1 Å². The summed E-state index contributed by atoms with van der Waals surface area (Å²) in [7, 11) is 0. The van der Waals surface area contributed by atoms with Gasteiger partial charge in [-0.1, -0.05) is 13.3 Å². The molecule has 0 heterocycles. The van der Waals surface area contributed by atoms with Gasteiger partial charge in [0.25, 0.3) is 0 Å². The molecule has 1 aliphatic carbocycles. The molecule has 14 heavy (non-hydrogen) atoms. The normalized spacial score (nSPS) is 27.3. The number of hydrogen-bond donors (Lipinski definition) is 1. The predicted octanol–water partition coefficient (Wildman–Crippen LogP) is 2.02. The first kappa shape index (κ1) is 11.5. The zero-order chi connectivity index (χ0) is 10.4. The van der Waals surface area contributed by atoms with E-state index in [0.29, 0.717) is 12.8 Å². The third-order valence-corrected chi connectivity index (χ3v) is 2.63. The molecule has 3 heteroatoms. The highest BCUT2D eigenvalue weighted by Gasteiger charge is 2.22. The Hall–Kier alpha value is -0.570. The first-order valence-electron chi connectivity index (χ1n) is 5.60. The molecule has 0 saturated heterocycles. The molecule has 0 bridgehead atoms. The highest BCUT2D eigenvalue weighted by molar-refractivity contribution is 5.69. The number of rotatable bonds is 4. The quantitative estimate of drug-likeness (QED) is 0.706. The lowest BCUT2D eigenvalue weighted by Crippen LogP contribution is -2.28. The van der Waals surface area contributed by atoms with Crippen LogP contribution in [0.4, 0.5) is 0 Å². The van der Waals surface area contributed by atoms with Crippen LogP contribution in [0.15, 0.2) is 0 Å². The van der Waals surface area contributed by atoms with Gasteiger partial charge in [-0.2, -0.15) is 0 Å². The molecule has 1 rings (SSSR count). The van der Waals surface area contributed by atoms with E-state index in [4.69, 9.17) is 4.74 Å². The van der Waals surface area contributed by atoms with E-state index in [-0.39, 0.29) is 18.2 Å². The molecule has 0 spiro atoms. The van der Waals surface area contributed by atoms with Crippen LogP contribution in [-0.4, -0.2) is 23.3 Å². The minimum Gasteiger partial charge on any atom is -0.462 e. The third kappa shape index (κ3) is 4.09. The van der Waals surface area contributed by atoms with Gasteiger partial charge < -0.3 is 9.84 Å². The van der Waals surface area contributed by atoms with Gasteiger partial charge >= 0.3 is 5.97 Å². The zero-order valence-corrected chi connectivity index (χ0v) is 8.87. The maximum atomic E-state index is 11.3. The summed E-state index contributed by atoms with van der Waals surface area (Å²) in [6, 6.07) is 0. The fourth-order valence-corrected chi connectivity index (χ4v) is 1.79. The standard InChI is InChI=1S/C11H20O3/c1-2-3-7-11(13)14-10-6-4-5-9(12)8-10/h9-10,12H,2-8H2,1H3. The number of carbonyl (C=O) groups is 1. The van der Waals surface area contributed by atoms with Gasteiger partial charge in [0.2, 0.25) is 0 Å².